The van der Waals surface area contributed by atoms with Crippen LogP contribution in [-0.4, -0.2) is 75.0 Å². The Bertz CT molecular complexity index is 1410. The summed E-state index contributed by atoms with van der Waals surface area (Å²) in [4.78, 5) is 26.3. The molecule has 2 amide bonds. The molecule has 2 fully saturated rings. The molecule has 0 saturated carbocycles. The summed E-state index contributed by atoms with van der Waals surface area (Å²) >= 11 is 0. The number of nitrogens with one attached hydrogen (secondary N) is 1. The molecule has 2 aliphatic rings. The lowest BCUT2D eigenvalue weighted by atomic mass is 9.89. The SMILES string of the molecule is CN(CCOc1ccc2c(ccc3occ([C@H]4CCC(=O)NC4=O)c32)c1)C1CCN(S(C)(=O)=O)CC1. The van der Waals surface area contributed by atoms with Crippen LogP contribution in [0.3, 0.4) is 0 Å². The molecule has 2 saturated heterocycles. The normalized spacial score (nSPS) is 20.4. The fraction of sp³-hybridized carbons (Fsp3) is 0.462. The lowest BCUT2D eigenvalue weighted by Crippen LogP contribution is -2.46. The number of sulfonamides is 1. The lowest BCUT2D eigenvalue weighted by molar-refractivity contribution is -0.134. The highest BCUT2D eigenvalue weighted by molar-refractivity contribution is 7.88. The summed E-state index contributed by atoms with van der Waals surface area (Å²) in [6, 6.07) is 10.1. The average Bonchev–Trinajstić information content (AvgIpc) is 3.28. The van der Waals surface area contributed by atoms with E-state index in [-0.39, 0.29) is 11.8 Å². The van der Waals surface area contributed by atoms with Crippen LogP contribution >= 0.6 is 0 Å². The first-order valence-corrected chi connectivity index (χ1v) is 14.1. The van der Waals surface area contributed by atoms with Crippen LogP contribution in [-0.2, 0) is 19.6 Å². The first kappa shape index (κ1) is 24.7. The van der Waals surface area contributed by atoms with E-state index in [4.69, 9.17) is 9.15 Å². The molecule has 1 N–H and O–H groups in total. The number of fused-ring (bicyclic) bond motifs is 3. The third-order valence-electron chi connectivity index (χ3n) is 7.40. The standard InChI is InChI=1S/C26H31N3O6S/c1-28(18-9-11-29(12-10-18)36(2,32)33)13-14-34-19-4-5-20-17(15-19)3-7-23-25(20)22(16-35-23)21-6-8-24(30)27-26(21)31/h3-5,7,15-16,18,21H,6,8-14H2,1-2H3,(H,27,30,31)/t21-/m1/s1. The van der Waals surface area contributed by atoms with E-state index in [0.29, 0.717) is 44.2 Å². The molecule has 192 valence electrons. The molecule has 36 heavy (non-hydrogen) atoms. The predicted octanol–water partition coefficient (Wildman–Crippen LogP) is 2.84. The highest BCUT2D eigenvalue weighted by Crippen LogP contribution is 2.37. The zero-order valence-corrected chi connectivity index (χ0v) is 21.3. The quantitative estimate of drug-likeness (QED) is 0.484. The van der Waals surface area contributed by atoms with Crippen molar-refractivity contribution in [1.82, 2.24) is 14.5 Å². The summed E-state index contributed by atoms with van der Waals surface area (Å²) in [5, 5.41) is 5.29. The van der Waals surface area contributed by atoms with Crippen molar-refractivity contribution in [1.29, 1.82) is 0 Å². The number of amides is 2. The molecule has 0 spiro atoms. The number of likely N-dealkylation sites (N-methyl/N-ethyl adjacent to an activating group) is 1. The van der Waals surface area contributed by atoms with Crippen molar-refractivity contribution in [3.63, 3.8) is 0 Å². The highest BCUT2D eigenvalue weighted by atomic mass is 32.2. The van der Waals surface area contributed by atoms with Gasteiger partial charge in [0, 0.05) is 43.0 Å². The number of imide groups is 1. The van der Waals surface area contributed by atoms with Crippen LogP contribution < -0.4 is 10.1 Å². The van der Waals surface area contributed by atoms with Crippen LogP contribution in [0.5, 0.6) is 5.75 Å². The van der Waals surface area contributed by atoms with Gasteiger partial charge in [-0.1, -0.05) is 6.07 Å². The van der Waals surface area contributed by atoms with Gasteiger partial charge in [-0.25, -0.2) is 12.7 Å². The van der Waals surface area contributed by atoms with Gasteiger partial charge in [-0.15, -0.1) is 0 Å². The zero-order valence-electron chi connectivity index (χ0n) is 20.5. The summed E-state index contributed by atoms with van der Waals surface area (Å²) in [5.74, 6) is -0.170. The molecule has 0 bridgehead atoms. The van der Waals surface area contributed by atoms with Gasteiger partial charge >= 0.3 is 0 Å². The van der Waals surface area contributed by atoms with Crippen molar-refractivity contribution in [2.45, 2.75) is 37.6 Å². The third-order valence-corrected chi connectivity index (χ3v) is 8.70. The number of rotatable bonds is 7. The smallest absolute Gasteiger partial charge is 0.234 e. The van der Waals surface area contributed by atoms with Crippen molar-refractivity contribution < 1.29 is 27.2 Å². The van der Waals surface area contributed by atoms with Crippen LogP contribution in [0, 0.1) is 0 Å². The van der Waals surface area contributed by atoms with Gasteiger partial charge in [-0.3, -0.25) is 19.8 Å². The van der Waals surface area contributed by atoms with Gasteiger partial charge < -0.3 is 9.15 Å². The number of hydrogen-bond acceptors (Lipinski definition) is 7. The van der Waals surface area contributed by atoms with Crippen LogP contribution in [0.4, 0.5) is 0 Å². The lowest BCUT2D eigenvalue weighted by Gasteiger charge is -2.35. The minimum atomic E-state index is -3.12. The Balaban J connectivity index is 1.25. The third kappa shape index (κ3) is 4.98. The second-order valence-electron chi connectivity index (χ2n) is 9.74. The van der Waals surface area contributed by atoms with Gasteiger partial charge in [-0.2, -0.15) is 0 Å². The summed E-state index contributed by atoms with van der Waals surface area (Å²) in [7, 11) is -1.07. The van der Waals surface area contributed by atoms with Crippen LogP contribution in [0.25, 0.3) is 21.7 Å². The summed E-state index contributed by atoms with van der Waals surface area (Å²) in [6.45, 7) is 2.37. The monoisotopic (exact) mass is 513 g/mol. The van der Waals surface area contributed by atoms with Gasteiger partial charge in [0.15, 0.2) is 0 Å². The summed E-state index contributed by atoms with van der Waals surface area (Å²) in [5.41, 5.74) is 1.51. The predicted molar refractivity (Wildman–Crippen MR) is 136 cm³/mol. The topological polar surface area (TPSA) is 109 Å². The maximum atomic E-state index is 12.5. The number of benzene rings is 2. The van der Waals surface area contributed by atoms with E-state index in [0.717, 1.165) is 46.9 Å². The summed E-state index contributed by atoms with van der Waals surface area (Å²) < 4.78 is 36.8. The van der Waals surface area contributed by atoms with Crippen LogP contribution in [0.2, 0.25) is 0 Å². The van der Waals surface area contributed by atoms with E-state index in [1.54, 1.807) is 10.6 Å². The molecule has 0 radical (unpaired) electrons. The van der Waals surface area contributed by atoms with E-state index in [2.05, 4.69) is 17.3 Å². The minimum absolute atomic E-state index is 0.235. The molecule has 3 heterocycles. The Labute approximate surface area is 210 Å². The first-order valence-electron chi connectivity index (χ1n) is 12.3. The molecular weight excluding hydrogens is 482 g/mol. The minimum Gasteiger partial charge on any atom is -0.492 e. The van der Waals surface area contributed by atoms with Gasteiger partial charge in [0.2, 0.25) is 21.8 Å². The van der Waals surface area contributed by atoms with Gasteiger partial charge in [0.05, 0.1) is 18.4 Å². The number of piperidine rings is 2. The molecule has 1 aromatic heterocycles. The van der Waals surface area contributed by atoms with Gasteiger partial charge in [-0.05, 0) is 61.3 Å². The van der Waals surface area contributed by atoms with Crippen molar-refractivity contribution in [2.75, 3.05) is 39.5 Å². The second-order valence-corrected chi connectivity index (χ2v) is 11.7. The van der Waals surface area contributed by atoms with Crippen molar-refractivity contribution in [3.8, 4) is 5.75 Å². The Morgan fingerprint density at radius 2 is 1.92 bits per heavy atom. The molecular formula is C26H31N3O6S. The highest BCUT2D eigenvalue weighted by Gasteiger charge is 2.31. The average molecular weight is 514 g/mol. The second kappa shape index (κ2) is 9.84. The maximum Gasteiger partial charge on any atom is 0.234 e. The number of nitrogens with zero attached hydrogens (tertiary/aromatic N) is 2. The number of carbonyl (C=O) groups excluding carboxylic acids is 2. The van der Waals surface area contributed by atoms with Crippen LogP contribution in [0.15, 0.2) is 41.0 Å². The molecule has 2 aliphatic heterocycles. The zero-order chi connectivity index (χ0) is 25.4. The first-order chi connectivity index (χ1) is 17.2. The Morgan fingerprint density at radius 3 is 2.64 bits per heavy atom. The molecule has 9 nitrogen and oxygen atoms in total. The molecule has 10 heteroatoms. The Kier molecular flexibility index (Phi) is 6.76. The number of hydrogen-bond donors (Lipinski definition) is 1. The number of carbonyl (C=O) groups is 2. The van der Waals surface area contributed by atoms with E-state index >= 15 is 0 Å². The van der Waals surface area contributed by atoms with Crippen LogP contribution in [0.1, 0.15) is 37.2 Å². The van der Waals surface area contributed by atoms with E-state index in [1.165, 1.54) is 6.26 Å². The Hall–Kier alpha value is -2.95. The molecule has 5 rings (SSSR count). The molecule has 3 aromatic rings. The summed E-state index contributed by atoms with van der Waals surface area (Å²) in [6.07, 6.45) is 5.31. The van der Waals surface area contributed by atoms with Gasteiger partial charge in [0.1, 0.15) is 17.9 Å². The molecule has 0 unspecified atom stereocenters. The number of ether oxygens (including phenoxy) is 1. The fourth-order valence-electron chi connectivity index (χ4n) is 5.31. The van der Waals surface area contributed by atoms with Crippen molar-refractivity contribution in [3.05, 3.63) is 42.2 Å². The maximum absolute atomic E-state index is 12.5. The van der Waals surface area contributed by atoms with Gasteiger partial charge in [0.25, 0.3) is 0 Å². The van der Waals surface area contributed by atoms with Crippen molar-refractivity contribution in [2.24, 2.45) is 0 Å². The molecule has 0 aliphatic carbocycles. The molecule has 2 aromatic carbocycles. The number of furan rings is 1. The van der Waals surface area contributed by atoms with E-state index in [9.17, 15) is 18.0 Å². The Morgan fingerprint density at radius 1 is 1.14 bits per heavy atom. The van der Waals surface area contributed by atoms with E-state index in [1.807, 2.05) is 30.3 Å². The fourth-order valence-corrected chi connectivity index (χ4v) is 6.18. The molecule has 1 atom stereocenters. The van der Waals surface area contributed by atoms with E-state index < -0.39 is 15.9 Å². The largest absolute Gasteiger partial charge is 0.492 e. The van der Waals surface area contributed by atoms with Crippen molar-refractivity contribution >= 4 is 43.6 Å².